The molecular weight excluding hydrogens is 292 g/mol. The monoisotopic (exact) mass is 316 g/mol. The summed E-state index contributed by atoms with van der Waals surface area (Å²) in [6.07, 6.45) is 3.80. The van der Waals surface area contributed by atoms with Crippen LogP contribution >= 0.6 is 12.4 Å². The van der Waals surface area contributed by atoms with Gasteiger partial charge in [-0.1, -0.05) is 0 Å². The fourth-order valence-electron chi connectivity index (χ4n) is 2.82. The number of carbonyl (C=O) groups excluding carboxylic acids is 1. The predicted molar refractivity (Wildman–Crippen MR) is 83.9 cm³/mol. The summed E-state index contributed by atoms with van der Waals surface area (Å²) in [5.74, 6) is -0.0513. The standard InChI is InChI=1S/C14H24N4O2.ClH/c1-11-12(8-18(2)17-11)13(19)16-9-14(10-20-3)4-6-15-7-5-14;/h8,15H,4-7,9-10H2,1-3H3,(H,16,19);1H. The largest absolute Gasteiger partial charge is 0.384 e. The van der Waals surface area contributed by atoms with Gasteiger partial charge in [-0.25, -0.2) is 0 Å². The van der Waals surface area contributed by atoms with Crippen molar-refractivity contribution in [3.05, 3.63) is 17.5 Å². The molecule has 2 rings (SSSR count). The van der Waals surface area contributed by atoms with Crippen molar-refractivity contribution in [1.29, 1.82) is 0 Å². The molecule has 1 aromatic heterocycles. The van der Waals surface area contributed by atoms with Crippen LogP contribution in [0.4, 0.5) is 0 Å². The van der Waals surface area contributed by atoms with Crippen molar-refractivity contribution in [1.82, 2.24) is 20.4 Å². The molecule has 1 aliphatic heterocycles. The topological polar surface area (TPSA) is 68.2 Å². The third-order valence-corrected chi connectivity index (χ3v) is 4.00. The van der Waals surface area contributed by atoms with Crippen LogP contribution in [-0.4, -0.2) is 49.0 Å². The zero-order valence-corrected chi connectivity index (χ0v) is 13.8. The fourth-order valence-corrected chi connectivity index (χ4v) is 2.82. The number of methoxy groups -OCH3 is 1. The highest BCUT2D eigenvalue weighted by molar-refractivity contribution is 5.95. The highest BCUT2D eigenvalue weighted by Gasteiger charge is 2.32. The number of piperidine rings is 1. The summed E-state index contributed by atoms with van der Waals surface area (Å²) in [4.78, 5) is 12.2. The molecule has 0 atom stereocenters. The normalized spacial score (nSPS) is 17.1. The van der Waals surface area contributed by atoms with Gasteiger partial charge >= 0.3 is 0 Å². The minimum Gasteiger partial charge on any atom is -0.384 e. The van der Waals surface area contributed by atoms with Crippen LogP contribution in [0.3, 0.4) is 0 Å². The van der Waals surface area contributed by atoms with Crippen LogP contribution < -0.4 is 10.6 Å². The molecule has 0 unspecified atom stereocenters. The summed E-state index contributed by atoms with van der Waals surface area (Å²) in [5.41, 5.74) is 1.45. The van der Waals surface area contributed by atoms with E-state index >= 15 is 0 Å². The Kier molecular flexibility index (Phi) is 6.64. The van der Waals surface area contributed by atoms with E-state index in [1.807, 2.05) is 14.0 Å². The Labute approximate surface area is 132 Å². The zero-order chi connectivity index (χ0) is 14.6. The number of ether oxygens (including phenoxy) is 1. The Bertz CT molecular complexity index is 464. The number of halogens is 1. The van der Waals surface area contributed by atoms with Crippen LogP contribution in [0.1, 0.15) is 28.9 Å². The molecule has 0 radical (unpaired) electrons. The van der Waals surface area contributed by atoms with Gasteiger partial charge in [0.2, 0.25) is 0 Å². The van der Waals surface area contributed by atoms with Gasteiger partial charge in [-0.05, 0) is 32.9 Å². The number of hydrogen-bond acceptors (Lipinski definition) is 4. The summed E-state index contributed by atoms with van der Waals surface area (Å²) < 4.78 is 7.02. The average Bonchev–Trinajstić information content (AvgIpc) is 2.77. The van der Waals surface area contributed by atoms with Crippen molar-refractivity contribution < 1.29 is 9.53 Å². The predicted octanol–water partition coefficient (Wildman–Crippen LogP) is 0.896. The maximum atomic E-state index is 12.2. The molecule has 1 saturated heterocycles. The zero-order valence-electron chi connectivity index (χ0n) is 12.9. The van der Waals surface area contributed by atoms with Crippen molar-refractivity contribution >= 4 is 18.3 Å². The molecule has 6 nitrogen and oxygen atoms in total. The summed E-state index contributed by atoms with van der Waals surface area (Å²) in [6, 6.07) is 0. The van der Waals surface area contributed by atoms with Crippen molar-refractivity contribution in [2.45, 2.75) is 19.8 Å². The maximum absolute atomic E-state index is 12.2. The van der Waals surface area contributed by atoms with E-state index in [9.17, 15) is 4.79 Å². The van der Waals surface area contributed by atoms with Crippen LogP contribution in [0.25, 0.3) is 0 Å². The van der Waals surface area contributed by atoms with E-state index in [1.54, 1.807) is 18.0 Å². The van der Waals surface area contributed by atoms with Gasteiger partial charge in [-0.15, -0.1) is 12.4 Å². The molecule has 120 valence electrons. The molecule has 1 fully saturated rings. The number of nitrogens with zero attached hydrogens (tertiary/aromatic N) is 2. The first-order valence-electron chi connectivity index (χ1n) is 7.04. The molecular formula is C14H25ClN4O2. The van der Waals surface area contributed by atoms with Crippen molar-refractivity contribution in [3.8, 4) is 0 Å². The molecule has 7 heteroatoms. The van der Waals surface area contributed by atoms with Gasteiger partial charge in [0, 0.05) is 32.3 Å². The van der Waals surface area contributed by atoms with E-state index in [0.29, 0.717) is 18.7 Å². The van der Waals surface area contributed by atoms with Gasteiger partial charge in [0.05, 0.1) is 17.9 Å². The van der Waals surface area contributed by atoms with Gasteiger partial charge in [0.25, 0.3) is 5.91 Å². The SMILES string of the molecule is COCC1(CNC(=O)c2cn(C)nc2C)CCNCC1.Cl. The van der Waals surface area contributed by atoms with Gasteiger partial charge in [0.1, 0.15) is 0 Å². The molecule has 21 heavy (non-hydrogen) atoms. The first kappa shape index (κ1) is 17.9. The van der Waals surface area contributed by atoms with E-state index in [0.717, 1.165) is 31.6 Å². The second-order valence-electron chi connectivity index (χ2n) is 5.67. The van der Waals surface area contributed by atoms with Gasteiger partial charge in [0.15, 0.2) is 0 Å². The lowest BCUT2D eigenvalue weighted by molar-refractivity contribution is 0.0511. The first-order chi connectivity index (χ1) is 9.56. The summed E-state index contributed by atoms with van der Waals surface area (Å²) in [7, 11) is 3.54. The number of amides is 1. The lowest BCUT2D eigenvalue weighted by atomic mass is 9.79. The Morgan fingerprint density at radius 3 is 2.71 bits per heavy atom. The Morgan fingerprint density at radius 1 is 1.52 bits per heavy atom. The van der Waals surface area contributed by atoms with E-state index in [2.05, 4.69) is 15.7 Å². The number of aromatic nitrogens is 2. The van der Waals surface area contributed by atoms with E-state index < -0.39 is 0 Å². The van der Waals surface area contributed by atoms with Crippen LogP contribution in [0, 0.1) is 12.3 Å². The lowest BCUT2D eigenvalue weighted by Gasteiger charge is -2.37. The summed E-state index contributed by atoms with van der Waals surface area (Å²) in [5, 5.41) is 10.6. The number of rotatable bonds is 5. The summed E-state index contributed by atoms with van der Waals surface area (Å²) in [6.45, 7) is 5.14. The molecule has 0 aliphatic carbocycles. The van der Waals surface area contributed by atoms with Crippen LogP contribution in [0.15, 0.2) is 6.20 Å². The Hall–Kier alpha value is -1.11. The minimum atomic E-state index is -0.0513. The molecule has 0 saturated carbocycles. The Morgan fingerprint density at radius 2 is 2.19 bits per heavy atom. The van der Waals surface area contributed by atoms with Crippen LogP contribution in [0.2, 0.25) is 0 Å². The quantitative estimate of drug-likeness (QED) is 0.847. The maximum Gasteiger partial charge on any atom is 0.254 e. The van der Waals surface area contributed by atoms with Crippen molar-refractivity contribution in [2.24, 2.45) is 12.5 Å². The van der Waals surface area contributed by atoms with E-state index in [1.165, 1.54) is 0 Å². The van der Waals surface area contributed by atoms with Crippen LogP contribution in [-0.2, 0) is 11.8 Å². The third kappa shape index (κ3) is 4.43. The van der Waals surface area contributed by atoms with Crippen LogP contribution in [0.5, 0.6) is 0 Å². The molecule has 1 amide bonds. The Balaban J connectivity index is 0.00000220. The van der Waals surface area contributed by atoms with Gasteiger partial charge < -0.3 is 15.4 Å². The smallest absolute Gasteiger partial charge is 0.254 e. The second-order valence-corrected chi connectivity index (χ2v) is 5.67. The molecule has 1 aliphatic rings. The molecule has 0 aromatic carbocycles. The highest BCUT2D eigenvalue weighted by Crippen LogP contribution is 2.28. The highest BCUT2D eigenvalue weighted by atomic mass is 35.5. The molecule has 0 spiro atoms. The fraction of sp³-hybridized carbons (Fsp3) is 0.714. The molecule has 0 bridgehead atoms. The first-order valence-corrected chi connectivity index (χ1v) is 7.04. The van der Waals surface area contributed by atoms with Gasteiger partial charge in [-0.3, -0.25) is 9.48 Å². The second kappa shape index (κ2) is 7.77. The molecule has 2 heterocycles. The summed E-state index contributed by atoms with van der Waals surface area (Å²) >= 11 is 0. The van der Waals surface area contributed by atoms with E-state index in [-0.39, 0.29) is 23.7 Å². The number of carbonyl (C=O) groups is 1. The average molecular weight is 317 g/mol. The third-order valence-electron chi connectivity index (χ3n) is 4.00. The number of hydrogen-bond donors (Lipinski definition) is 2. The lowest BCUT2D eigenvalue weighted by Crippen LogP contribution is -2.47. The van der Waals surface area contributed by atoms with Crippen molar-refractivity contribution in [2.75, 3.05) is 33.4 Å². The number of aryl methyl sites for hydroxylation is 2. The molecule has 2 N–H and O–H groups in total. The van der Waals surface area contributed by atoms with E-state index in [4.69, 9.17) is 4.74 Å². The minimum absolute atomic E-state index is 0. The molecule has 1 aromatic rings. The van der Waals surface area contributed by atoms with Gasteiger partial charge in [-0.2, -0.15) is 5.10 Å². The van der Waals surface area contributed by atoms with Crippen molar-refractivity contribution in [3.63, 3.8) is 0 Å². The number of nitrogens with one attached hydrogen (secondary N) is 2.